The third-order valence-electron chi connectivity index (χ3n) is 4.05. The first-order valence-corrected chi connectivity index (χ1v) is 7.55. The molecular weight excluding hydrogens is 308 g/mol. The number of halogens is 1. The second-order valence-electron chi connectivity index (χ2n) is 5.22. The van der Waals surface area contributed by atoms with Gasteiger partial charge in [-0.3, -0.25) is 0 Å². The Labute approximate surface area is 122 Å². The van der Waals surface area contributed by atoms with Crippen molar-refractivity contribution in [1.29, 1.82) is 0 Å². The summed E-state index contributed by atoms with van der Waals surface area (Å²) in [5, 5.41) is 3.61. The Kier molecular flexibility index (Phi) is 4.28. The van der Waals surface area contributed by atoms with Crippen LogP contribution in [0.1, 0.15) is 32.3 Å². The van der Waals surface area contributed by atoms with E-state index in [1.165, 1.54) is 12.8 Å². The van der Waals surface area contributed by atoms with Crippen LogP contribution in [0.5, 0.6) is 0 Å². The van der Waals surface area contributed by atoms with E-state index in [0.717, 1.165) is 27.6 Å². The van der Waals surface area contributed by atoms with E-state index in [4.69, 9.17) is 18.0 Å². The molecule has 0 bridgehead atoms. The number of hydrogen-bond acceptors (Lipinski definition) is 2. The molecule has 0 spiro atoms. The van der Waals surface area contributed by atoms with E-state index >= 15 is 0 Å². The van der Waals surface area contributed by atoms with Gasteiger partial charge in [0.1, 0.15) is 4.99 Å². The lowest BCUT2D eigenvalue weighted by Gasteiger charge is -2.21. The highest BCUT2D eigenvalue weighted by Gasteiger charge is 2.29. The minimum absolute atomic E-state index is 0.427. The molecule has 4 heteroatoms. The van der Waals surface area contributed by atoms with Gasteiger partial charge in [0.15, 0.2) is 0 Å². The van der Waals surface area contributed by atoms with Gasteiger partial charge in [0.05, 0.1) is 0 Å². The van der Waals surface area contributed by atoms with E-state index in [2.05, 4.69) is 47.2 Å². The quantitative estimate of drug-likeness (QED) is 0.826. The molecule has 3 atom stereocenters. The van der Waals surface area contributed by atoms with Crippen LogP contribution in [0.4, 0.5) is 5.69 Å². The average Bonchev–Trinajstić information content (AvgIpc) is 2.61. The van der Waals surface area contributed by atoms with E-state index in [0.29, 0.717) is 11.0 Å². The largest absolute Gasteiger partial charge is 0.389 e. The average molecular weight is 327 g/mol. The van der Waals surface area contributed by atoms with Gasteiger partial charge in [0, 0.05) is 21.8 Å². The van der Waals surface area contributed by atoms with Crippen molar-refractivity contribution in [2.45, 2.75) is 32.7 Å². The molecule has 0 aromatic heterocycles. The Bertz CT molecular complexity index is 461. The van der Waals surface area contributed by atoms with Crippen LogP contribution in [0.2, 0.25) is 0 Å². The van der Waals surface area contributed by atoms with Crippen molar-refractivity contribution in [3.8, 4) is 0 Å². The second-order valence-corrected chi connectivity index (χ2v) is 6.52. The van der Waals surface area contributed by atoms with Gasteiger partial charge in [-0.1, -0.05) is 26.1 Å². The Hall–Kier alpha value is -0.610. The number of thiocarbonyl (C=S) groups is 1. The summed E-state index contributed by atoms with van der Waals surface area (Å²) in [4.78, 5) is 0.427. The number of rotatable bonds is 3. The molecule has 1 aromatic carbocycles. The molecule has 2 rings (SSSR count). The highest BCUT2D eigenvalue weighted by atomic mass is 79.9. The van der Waals surface area contributed by atoms with E-state index in [1.807, 2.05) is 6.07 Å². The third kappa shape index (κ3) is 2.86. The van der Waals surface area contributed by atoms with Crippen molar-refractivity contribution in [1.82, 2.24) is 0 Å². The van der Waals surface area contributed by atoms with Crippen LogP contribution in [-0.2, 0) is 0 Å². The lowest BCUT2D eigenvalue weighted by Crippen LogP contribution is -2.24. The normalized spacial score (nSPS) is 27.2. The van der Waals surface area contributed by atoms with Crippen molar-refractivity contribution >= 4 is 38.8 Å². The number of nitrogens with one attached hydrogen (secondary N) is 1. The fourth-order valence-electron chi connectivity index (χ4n) is 2.59. The highest BCUT2D eigenvalue weighted by molar-refractivity contribution is 9.10. The molecule has 0 saturated heterocycles. The van der Waals surface area contributed by atoms with E-state index in [1.54, 1.807) is 0 Å². The van der Waals surface area contributed by atoms with Gasteiger partial charge in [-0.15, -0.1) is 0 Å². The van der Waals surface area contributed by atoms with Crippen LogP contribution in [0.15, 0.2) is 22.7 Å². The van der Waals surface area contributed by atoms with Crippen LogP contribution in [0.3, 0.4) is 0 Å². The maximum absolute atomic E-state index is 5.65. The SMILES string of the molecule is CC1CCC(Nc2ccc(C(N)=S)c(Br)c2)C1C. The molecule has 1 aliphatic carbocycles. The summed E-state index contributed by atoms with van der Waals surface area (Å²) in [5.41, 5.74) is 7.67. The number of hydrogen-bond donors (Lipinski definition) is 2. The molecule has 2 nitrogen and oxygen atoms in total. The first-order chi connectivity index (χ1) is 8.49. The monoisotopic (exact) mass is 326 g/mol. The Morgan fingerprint density at radius 2 is 2.11 bits per heavy atom. The van der Waals surface area contributed by atoms with Crippen LogP contribution in [-0.4, -0.2) is 11.0 Å². The van der Waals surface area contributed by atoms with Crippen LogP contribution in [0.25, 0.3) is 0 Å². The zero-order valence-corrected chi connectivity index (χ0v) is 13.1. The van der Waals surface area contributed by atoms with Gasteiger partial charge < -0.3 is 11.1 Å². The van der Waals surface area contributed by atoms with Crippen molar-refractivity contribution < 1.29 is 0 Å². The lowest BCUT2D eigenvalue weighted by atomic mass is 9.97. The van der Waals surface area contributed by atoms with Crippen molar-refractivity contribution in [3.05, 3.63) is 28.2 Å². The summed E-state index contributed by atoms with van der Waals surface area (Å²) >= 11 is 8.51. The summed E-state index contributed by atoms with van der Waals surface area (Å²) in [5.74, 6) is 1.53. The molecule has 1 aliphatic rings. The number of nitrogens with two attached hydrogens (primary N) is 1. The van der Waals surface area contributed by atoms with Crippen LogP contribution < -0.4 is 11.1 Å². The Balaban J connectivity index is 2.11. The summed E-state index contributed by atoms with van der Waals surface area (Å²) in [6, 6.07) is 6.65. The standard InChI is InChI=1S/C14H19BrN2S/c1-8-3-6-13(9(8)2)17-10-4-5-11(14(16)18)12(15)7-10/h4-5,7-9,13,17H,3,6H2,1-2H3,(H2,16,18). The summed E-state index contributed by atoms with van der Waals surface area (Å²) in [7, 11) is 0. The lowest BCUT2D eigenvalue weighted by molar-refractivity contribution is 0.435. The summed E-state index contributed by atoms with van der Waals surface area (Å²) in [6.45, 7) is 4.66. The van der Waals surface area contributed by atoms with Crippen LogP contribution in [0, 0.1) is 11.8 Å². The predicted octanol–water partition coefficient (Wildman–Crippen LogP) is 3.93. The molecule has 18 heavy (non-hydrogen) atoms. The molecule has 0 heterocycles. The van der Waals surface area contributed by atoms with Crippen molar-refractivity contribution in [2.75, 3.05) is 5.32 Å². The molecule has 1 aromatic rings. The van der Waals surface area contributed by atoms with Gasteiger partial charge in [0.2, 0.25) is 0 Å². The van der Waals surface area contributed by atoms with Crippen molar-refractivity contribution in [2.24, 2.45) is 17.6 Å². The smallest absolute Gasteiger partial charge is 0.105 e. The van der Waals surface area contributed by atoms with Gasteiger partial charge in [0.25, 0.3) is 0 Å². The molecule has 0 radical (unpaired) electrons. The first kappa shape index (κ1) is 13.8. The molecule has 0 amide bonds. The zero-order valence-electron chi connectivity index (χ0n) is 10.7. The molecule has 1 saturated carbocycles. The molecule has 0 aliphatic heterocycles. The van der Waals surface area contributed by atoms with Gasteiger partial charge in [-0.2, -0.15) is 0 Å². The molecular formula is C14H19BrN2S. The predicted molar refractivity (Wildman–Crippen MR) is 85.0 cm³/mol. The molecule has 3 unspecified atom stereocenters. The van der Waals surface area contributed by atoms with Crippen molar-refractivity contribution in [3.63, 3.8) is 0 Å². The van der Waals surface area contributed by atoms with Gasteiger partial charge >= 0.3 is 0 Å². The van der Waals surface area contributed by atoms with Crippen LogP contribution >= 0.6 is 28.1 Å². The minimum atomic E-state index is 0.427. The Morgan fingerprint density at radius 1 is 1.39 bits per heavy atom. The van der Waals surface area contributed by atoms with Gasteiger partial charge in [-0.05, 0) is 58.8 Å². The van der Waals surface area contributed by atoms with E-state index < -0.39 is 0 Å². The molecule has 3 N–H and O–H groups in total. The maximum atomic E-state index is 5.65. The summed E-state index contributed by atoms with van der Waals surface area (Å²) in [6.07, 6.45) is 2.56. The minimum Gasteiger partial charge on any atom is -0.389 e. The maximum Gasteiger partial charge on any atom is 0.105 e. The Morgan fingerprint density at radius 3 is 2.61 bits per heavy atom. The summed E-state index contributed by atoms with van der Waals surface area (Å²) < 4.78 is 0.957. The van der Waals surface area contributed by atoms with Gasteiger partial charge in [-0.25, -0.2) is 0 Å². The topological polar surface area (TPSA) is 38.0 Å². The number of anilines is 1. The van der Waals surface area contributed by atoms with E-state index in [9.17, 15) is 0 Å². The fraction of sp³-hybridized carbons (Fsp3) is 0.500. The first-order valence-electron chi connectivity index (χ1n) is 6.35. The fourth-order valence-corrected chi connectivity index (χ4v) is 3.49. The van der Waals surface area contributed by atoms with E-state index in [-0.39, 0.29) is 0 Å². The molecule has 98 valence electrons. The third-order valence-corrected chi connectivity index (χ3v) is 4.93. The molecule has 1 fully saturated rings. The second kappa shape index (κ2) is 5.57. The highest BCUT2D eigenvalue weighted by Crippen LogP contribution is 2.33. The number of benzene rings is 1. The zero-order chi connectivity index (χ0) is 13.3.